The molecule has 0 aliphatic rings. The molecular formula is C24H51O2PS2. The van der Waals surface area contributed by atoms with Crippen molar-refractivity contribution in [1.82, 2.24) is 0 Å². The molecular weight excluding hydrogens is 415 g/mol. The van der Waals surface area contributed by atoms with Crippen molar-refractivity contribution >= 4 is 28.9 Å². The van der Waals surface area contributed by atoms with Gasteiger partial charge in [0.15, 0.2) is 0 Å². The molecule has 0 heterocycles. The minimum atomic E-state index is -2.21. The average Bonchev–Trinajstić information content (AvgIpc) is 2.62. The van der Waals surface area contributed by atoms with Crippen LogP contribution in [-0.2, 0) is 20.9 Å². The molecule has 1 unspecified atom stereocenters. The SMILES string of the molecule is CCCCCCCCCCCCCCCC(C)CSP(=S)(OC(C)C)OC(C)C. The van der Waals surface area contributed by atoms with Crippen LogP contribution in [0.15, 0.2) is 0 Å². The van der Waals surface area contributed by atoms with Gasteiger partial charge in [-0.1, -0.05) is 109 Å². The molecule has 0 saturated carbocycles. The van der Waals surface area contributed by atoms with Gasteiger partial charge in [-0.05, 0) is 51.8 Å². The maximum absolute atomic E-state index is 5.99. The molecule has 0 fully saturated rings. The topological polar surface area (TPSA) is 18.5 Å². The fraction of sp³-hybridized carbons (Fsp3) is 1.00. The lowest BCUT2D eigenvalue weighted by Crippen LogP contribution is -2.07. The zero-order valence-corrected chi connectivity index (χ0v) is 22.9. The highest BCUT2D eigenvalue weighted by Gasteiger charge is 2.24. The van der Waals surface area contributed by atoms with Crippen molar-refractivity contribution in [3.63, 3.8) is 0 Å². The molecule has 2 nitrogen and oxygen atoms in total. The average molecular weight is 467 g/mol. The summed E-state index contributed by atoms with van der Waals surface area (Å²) in [5.74, 6) is 1.73. The predicted molar refractivity (Wildman–Crippen MR) is 139 cm³/mol. The Labute approximate surface area is 193 Å². The molecule has 176 valence electrons. The predicted octanol–water partition coefficient (Wildman–Crippen LogP) is 9.91. The summed E-state index contributed by atoms with van der Waals surface area (Å²) in [4.78, 5) is 0. The second kappa shape index (κ2) is 19.6. The van der Waals surface area contributed by atoms with Crippen molar-refractivity contribution in [3.05, 3.63) is 0 Å². The van der Waals surface area contributed by atoms with Gasteiger partial charge in [0.2, 0.25) is 5.69 Å². The third kappa shape index (κ3) is 20.6. The van der Waals surface area contributed by atoms with E-state index in [4.69, 9.17) is 20.9 Å². The first kappa shape index (κ1) is 29.9. The second-order valence-corrected chi connectivity index (χ2v) is 15.4. The minimum Gasteiger partial charge on any atom is -0.319 e. The first-order valence-electron chi connectivity index (χ1n) is 12.4. The Kier molecular flexibility index (Phi) is 20.2. The van der Waals surface area contributed by atoms with Crippen molar-refractivity contribution in [2.24, 2.45) is 5.92 Å². The molecule has 0 spiro atoms. The van der Waals surface area contributed by atoms with Crippen LogP contribution in [-0.4, -0.2) is 18.0 Å². The standard InChI is InChI=1S/C24H51O2PS2/c1-7-8-9-10-11-12-13-14-15-16-17-18-19-20-24(6)21-29-27(28,25-22(2)3)26-23(4)5/h22-24H,7-21H2,1-6H3. The van der Waals surface area contributed by atoms with E-state index in [-0.39, 0.29) is 12.2 Å². The number of unbranched alkanes of at least 4 members (excludes halogenated alkanes) is 12. The molecule has 0 rings (SSSR count). The van der Waals surface area contributed by atoms with Gasteiger partial charge in [-0.25, -0.2) is 0 Å². The Balaban J connectivity index is 3.64. The molecule has 0 N–H and O–H groups in total. The highest BCUT2D eigenvalue weighted by molar-refractivity contribution is 8.67. The van der Waals surface area contributed by atoms with E-state index in [1.54, 1.807) is 11.4 Å². The lowest BCUT2D eigenvalue weighted by atomic mass is 10.0. The molecule has 0 radical (unpaired) electrons. The molecule has 0 aromatic carbocycles. The zero-order chi connectivity index (χ0) is 22.0. The van der Waals surface area contributed by atoms with E-state index in [9.17, 15) is 0 Å². The van der Waals surface area contributed by atoms with Crippen LogP contribution in [0.5, 0.6) is 0 Å². The Bertz CT molecular complexity index is 388. The highest BCUT2D eigenvalue weighted by Crippen LogP contribution is 2.63. The van der Waals surface area contributed by atoms with Crippen molar-refractivity contribution in [2.75, 3.05) is 5.75 Å². The Morgan fingerprint density at radius 2 is 1.03 bits per heavy atom. The maximum Gasteiger partial charge on any atom is 0.247 e. The number of rotatable bonds is 21. The Hall–Kier alpha value is 0.920. The fourth-order valence-corrected chi connectivity index (χ4v) is 9.51. The summed E-state index contributed by atoms with van der Waals surface area (Å²) in [7, 11) is 0. The van der Waals surface area contributed by atoms with Gasteiger partial charge < -0.3 is 9.05 Å². The molecule has 29 heavy (non-hydrogen) atoms. The first-order valence-corrected chi connectivity index (χ1v) is 16.6. The van der Waals surface area contributed by atoms with Crippen molar-refractivity contribution in [3.8, 4) is 0 Å². The molecule has 0 bridgehead atoms. The molecule has 5 heteroatoms. The molecule has 0 aliphatic carbocycles. The molecule has 0 aromatic heterocycles. The summed E-state index contributed by atoms with van der Waals surface area (Å²) in [6.45, 7) is 12.8. The molecule has 1 atom stereocenters. The van der Waals surface area contributed by atoms with Crippen LogP contribution < -0.4 is 0 Å². The summed E-state index contributed by atoms with van der Waals surface area (Å²) >= 11 is 7.50. The number of hydrogen-bond acceptors (Lipinski definition) is 4. The monoisotopic (exact) mass is 466 g/mol. The van der Waals surface area contributed by atoms with Crippen LogP contribution in [0.4, 0.5) is 0 Å². The third-order valence-corrected chi connectivity index (χ3v) is 10.8. The van der Waals surface area contributed by atoms with Gasteiger partial charge >= 0.3 is 0 Å². The molecule has 0 aliphatic heterocycles. The quantitative estimate of drug-likeness (QED) is 0.124. The van der Waals surface area contributed by atoms with Gasteiger partial charge in [0.1, 0.15) is 0 Å². The van der Waals surface area contributed by atoms with Gasteiger partial charge in [0.05, 0.1) is 12.2 Å². The smallest absolute Gasteiger partial charge is 0.247 e. The molecule has 0 amide bonds. The summed E-state index contributed by atoms with van der Waals surface area (Å²) in [5.41, 5.74) is -2.21. The molecule has 0 aromatic rings. The summed E-state index contributed by atoms with van der Waals surface area (Å²) in [6, 6.07) is 0. The highest BCUT2D eigenvalue weighted by atomic mass is 32.9. The van der Waals surface area contributed by atoms with Crippen LogP contribution in [0.1, 0.15) is 131 Å². The third-order valence-electron chi connectivity index (χ3n) is 5.00. The van der Waals surface area contributed by atoms with Gasteiger partial charge in [-0.2, -0.15) is 0 Å². The lowest BCUT2D eigenvalue weighted by Gasteiger charge is -2.26. The molecule has 0 saturated heterocycles. The zero-order valence-electron chi connectivity index (χ0n) is 20.4. The van der Waals surface area contributed by atoms with Crippen molar-refractivity contribution in [2.45, 2.75) is 144 Å². The van der Waals surface area contributed by atoms with Crippen LogP contribution >= 0.6 is 17.1 Å². The van der Waals surface area contributed by atoms with E-state index in [1.807, 2.05) is 27.7 Å². The largest absolute Gasteiger partial charge is 0.319 e. The van der Waals surface area contributed by atoms with Crippen LogP contribution in [0.3, 0.4) is 0 Å². The van der Waals surface area contributed by atoms with Crippen LogP contribution in [0, 0.1) is 5.92 Å². The first-order chi connectivity index (χ1) is 13.8. The summed E-state index contributed by atoms with van der Waals surface area (Å²) < 4.78 is 12.0. The second-order valence-electron chi connectivity index (χ2n) is 9.19. The summed E-state index contributed by atoms with van der Waals surface area (Å²) in [6.07, 6.45) is 20.0. The van der Waals surface area contributed by atoms with Crippen LogP contribution in [0.2, 0.25) is 0 Å². The number of hydrogen-bond donors (Lipinski definition) is 0. The maximum atomic E-state index is 5.99. The van der Waals surface area contributed by atoms with Crippen molar-refractivity contribution in [1.29, 1.82) is 0 Å². The minimum absolute atomic E-state index is 0.128. The fourth-order valence-electron chi connectivity index (χ4n) is 3.41. The van der Waals surface area contributed by atoms with E-state index < -0.39 is 5.69 Å². The summed E-state index contributed by atoms with van der Waals surface area (Å²) in [5, 5.41) is 0. The van der Waals surface area contributed by atoms with E-state index in [0.29, 0.717) is 5.92 Å². The lowest BCUT2D eigenvalue weighted by molar-refractivity contribution is 0.186. The van der Waals surface area contributed by atoms with Gasteiger partial charge in [0, 0.05) is 5.75 Å². The van der Waals surface area contributed by atoms with Crippen molar-refractivity contribution < 1.29 is 9.05 Å². The van der Waals surface area contributed by atoms with Gasteiger partial charge in [-0.3, -0.25) is 0 Å². The Morgan fingerprint density at radius 3 is 1.41 bits per heavy atom. The van der Waals surface area contributed by atoms with E-state index in [0.717, 1.165) is 5.75 Å². The van der Waals surface area contributed by atoms with Gasteiger partial charge in [-0.15, -0.1) is 0 Å². The van der Waals surface area contributed by atoms with E-state index in [2.05, 4.69) is 13.8 Å². The van der Waals surface area contributed by atoms with Gasteiger partial charge in [0.25, 0.3) is 0 Å². The normalized spacial score (nSPS) is 13.5. The van der Waals surface area contributed by atoms with Crippen LogP contribution in [0.25, 0.3) is 0 Å². The van der Waals surface area contributed by atoms with E-state index >= 15 is 0 Å². The van der Waals surface area contributed by atoms with E-state index in [1.165, 1.54) is 89.9 Å². The Morgan fingerprint density at radius 1 is 0.655 bits per heavy atom.